The summed E-state index contributed by atoms with van der Waals surface area (Å²) in [6.45, 7) is 1.78. The van der Waals surface area contributed by atoms with Crippen LogP contribution in [-0.4, -0.2) is 23.3 Å². The van der Waals surface area contributed by atoms with Gasteiger partial charge < -0.3 is 10.4 Å². The number of fused-ring (bicyclic) bond motifs is 1. The van der Waals surface area contributed by atoms with Gasteiger partial charge in [0, 0.05) is 11.1 Å². The van der Waals surface area contributed by atoms with Crippen LogP contribution in [0.1, 0.15) is 12.5 Å². The van der Waals surface area contributed by atoms with E-state index in [-0.39, 0.29) is 11.7 Å². The van der Waals surface area contributed by atoms with Crippen molar-refractivity contribution >= 4 is 28.6 Å². The van der Waals surface area contributed by atoms with Gasteiger partial charge in [-0.05, 0) is 48.2 Å². The third-order valence-electron chi connectivity index (χ3n) is 3.84. The largest absolute Gasteiger partial charge is 0.508 e. The number of nitrogens with zero attached hydrogens (tertiary/aromatic N) is 1. The second-order valence-corrected chi connectivity index (χ2v) is 5.72. The Bertz CT molecular complexity index is 899. The lowest BCUT2D eigenvalue weighted by molar-refractivity contribution is -0.121. The summed E-state index contributed by atoms with van der Waals surface area (Å²) in [5.74, 6) is -0.0444. The van der Waals surface area contributed by atoms with Gasteiger partial charge in [-0.3, -0.25) is 4.79 Å². The van der Waals surface area contributed by atoms with Crippen molar-refractivity contribution in [3.63, 3.8) is 0 Å². The van der Waals surface area contributed by atoms with Crippen molar-refractivity contribution in [2.45, 2.75) is 13.0 Å². The van der Waals surface area contributed by atoms with Crippen LogP contribution in [0.2, 0.25) is 0 Å². The molecule has 1 amide bonds. The van der Waals surface area contributed by atoms with Gasteiger partial charge in [0.2, 0.25) is 0 Å². The van der Waals surface area contributed by atoms with E-state index in [0.717, 1.165) is 22.0 Å². The summed E-state index contributed by atoms with van der Waals surface area (Å²) in [7, 11) is 0. The highest BCUT2D eigenvalue weighted by molar-refractivity contribution is 5.96. The van der Waals surface area contributed by atoms with Gasteiger partial charge >= 0.3 is 0 Å². The Labute approximate surface area is 146 Å². The van der Waals surface area contributed by atoms with Gasteiger partial charge in [0.15, 0.2) is 0 Å². The number of hydrogen-bond acceptors (Lipinski definition) is 4. The first kappa shape index (κ1) is 16.5. The number of hydrogen-bond donors (Lipinski definition) is 3. The number of anilines is 1. The summed E-state index contributed by atoms with van der Waals surface area (Å²) < 4.78 is 0. The highest BCUT2D eigenvalue weighted by Crippen LogP contribution is 2.23. The molecule has 0 aliphatic carbocycles. The molecule has 25 heavy (non-hydrogen) atoms. The first-order valence-electron chi connectivity index (χ1n) is 8.00. The average molecular weight is 333 g/mol. The summed E-state index contributed by atoms with van der Waals surface area (Å²) in [6, 6.07) is 20.1. The summed E-state index contributed by atoms with van der Waals surface area (Å²) >= 11 is 0. The molecule has 1 unspecified atom stereocenters. The van der Waals surface area contributed by atoms with Gasteiger partial charge in [-0.15, -0.1) is 0 Å². The first-order chi connectivity index (χ1) is 12.1. The fraction of sp³-hybridized carbons (Fsp3) is 0.100. The van der Waals surface area contributed by atoms with E-state index < -0.39 is 6.04 Å². The normalized spacial score (nSPS) is 12.2. The number of phenols is 1. The van der Waals surface area contributed by atoms with Crippen LogP contribution in [0.5, 0.6) is 5.75 Å². The molecule has 0 radical (unpaired) electrons. The van der Waals surface area contributed by atoms with Crippen molar-refractivity contribution in [3.05, 3.63) is 72.3 Å². The zero-order valence-corrected chi connectivity index (χ0v) is 13.8. The fourth-order valence-electron chi connectivity index (χ4n) is 2.48. The van der Waals surface area contributed by atoms with Crippen molar-refractivity contribution in [2.75, 3.05) is 5.32 Å². The van der Waals surface area contributed by atoms with Crippen LogP contribution in [0.4, 0.5) is 5.69 Å². The molecule has 126 valence electrons. The predicted molar refractivity (Wildman–Crippen MR) is 101 cm³/mol. The number of aromatic hydroxyl groups is 1. The molecule has 0 aromatic heterocycles. The molecule has 3 aromatic rings. The maximum absolute atomic E-state index is 12.2. The summed E-state index contributed by atoms with van der Waals surface area (Å²) in [4.78, 5) is 12.2. The molecule has 5 nitrogen and oxygen atoms in total. The lowest BCUT2D eigenvalue weighted by Gasteiger charge is -2.15. The average Bonchev–Trinajstić information content (AvgIpc) is 2.63. The molecular formula is C20H19N3O2. The second kappa shape index (κ2) is 7.49. The van der Waals surface area contributed by atoms with Gasteiger partial charge in [0.25, 0.3) is 5.91 Å². The Hall–Kier alpha value is -3.34. The third kappa shape index (κ3) is 4.14. The minimum atomic E-state index is -0.442. The molecule has 3 rings (SSSR count). The number of amides is 1. The smallest absolute Gasteiger partial charge is 0.262 e. The summed E-state index contributed by atoms with van der Waals surface area (Å²) in [6.07, 6.45) is 1.53. The van der Waals surface area contributed by atoms with Gasteiger partial charge in [-0.2, -0.15) is 5.10 Å². The second-order valence-electron chi connectivity index (χ2n) is 5.72. The van der Waals surface area contributed by atoms with Crippen LogP contribution in [0, 0.1) is 0 Å². The van der Waals surface area contributed by atoms with Crippen molar-refractivity contribution in [3.8, 4) is 5.75 Å². The van der Waals surface area contributed by atoms with E-state index in [0.29, 0.717) is 0 Å². The molecule has 0 spiro atoms. The third-order valence-corrected chi connectivity index (χ3v) is 3.84. The Morgan fingerprint density at radius 2 is 1.76 bits per heavy atom. The zero-order chi connectivity index (χ0) is 17.6. The van der Waals surface area contributed by atoms with Crippen LogP contribution in [0.15, 0.2) is 71.8 Å². The Morgan fingerprint density at radius 3 is 2.56 bits per heavy atom. The molecule has 0 fully saturated rings. The van der Waals surface area contributed by atoms with Crippen LogP contribution < -0.4 is 10.7 Å². The van der Waals surface area contributed by atoms with Gasteiger partial charge in [-0.25, -0.2) is 5.43 Å². The van der Waals surface area contributed by atoms with Gasteiger partial charge in [0.05, 0.1) is 6.21 Å². The minimum absolute atomic E-state index is 0.189. The van der Waals surface area contributed by atoms with Crippen molar-refractivity contribution in [2.24, 2.45) is 5.10 Å². The number of carbonyl (C=O) groups excluding carboxylic acids is 1. The molecule has 0 saturated heterocycles. The molecule has 3 aromatic carbocycles. The van der Waals surface area contributed by atoms with E-state index in [1.807, 2.05) is 42.5 Å². The van der Waals surface area contributed by atoms with Crippen LogP contribution in [0.25, 0.3) is 10.8 Å². The van der Waals surface area contributed by atoms with Crippen molar-refractivity contribution in [1.29, 1.82) is 0 Å². The van der Waals surface area contributed by atoms with Crippen molar-refractivity contribution in [1.82, 2.24) is 5.43 Å². The van der Waals surface area contributed by atoms with Gasteiger partial charge in [-0.1, -0.05) is 36.4 Å². The Morgan fingerprint density at radius 1 is 1.04 bits per heavy atom. The highest BCUT2D eigenvalue weighted by atomic mass is 16.3. The molecule has 3 N–H and O–H groups in total. The van der Waals surface area contributed by atoms with E-state index >= 15 is 0 Å². The molecule has 0 aliphatic heterocycles. The molecule has 0 saturated carbocycles. The number of nitrogens with one attached hydrogen (secondary N) is 2. The fourth-order valence-corrected chi connectivity index (χ4v) is 2.48. The summed E-state index contributed by atoms with van der Waals surface area (Å²) in [5, 5.41) is 18.6. The van der Waals surface area contributed by atoms with Crippen LogP contribution >= 0.6 is 0 Å². The molecule has 0 bridgehead atoms. The van der Waals surface area contributed by atoms with Gasteiger partial charge in [0.1, 0.15) is 11.8 Å². The maximum atomic E-state index is 12.2. The number of hydrazone groups is 1. The Kier molecular flexibility index (Phi) is 4.95. The molecule has 5 heteroatoms. The van der Waals surface area contributed by atoms with E-state index in [9.17, 15) is 9.90 Å². The number of benzene rings is 3. The topological polar surface area (TPSA) is 73.7 Å². The van der Waals surface area contributed by atoms with E-state index in [1.54, 1.807) is 31.2 Å². The monoisotopic (exact) mass is 333 g/mol. The van der Waals surface area contributed by atoms with Crippen LogP contribution in [-0.2, 0) is 4.79 Å². The van der Waals surface area contributed by atoms with E-state index in [1.165, 1.54) is 6.21 Å². The zero-order valence-electron chi connectivity index (χ0n) is 13.8. The number of carbonyl (C=O) groups is 1. The quantitative estimate of drug-likeness (QED) is 0.494. The lowest BCUT2D eigenvalue weighted by atomic mass is 10.1. The van der Waals surface area contributed by atoms with Crippen molar-refractivity contribution < 1.29 is 9.90 Å². The molecule has 1 atom stereocenters. The summed E-state index contributed by atoms with van der Waals surface area (Å²) in [5.41, 5.74) is 4.21. The minimum Gasteiger partial charge on any atom is -0.508 e. The lowest BCUT2D eigenvalue weighted by Crippen LogP contribution is -2.34. The molecular weight excluding hydrogens is 314 g/mol. The highest BCUT2D eigenvalue weighted by Gasteiger charge is 2.12. The molecule has 0 aliphatic rings. The SMILES string of the molecule is CC(Nc1cccc2ccccc12)C(=O)N/N=C/c1ccc(O)cc1. The number of phenolic OH excluding ortho intramolecular Hbond substituents is 1. The maximum Gasteiger partial charge on any atom is 0.262 e. The first-order valence-corrected chi connectivity index (χ1v) is 8.00. The van der Waals surface area contributed by atoms with E-state index in [4.69, 9.17) is 0 Å². The molecule has 0 heterocycles. The van der Waals surface area contributed by atoms with Crippen LogP contribution in [0.3, 0.4) is 0 Å². The standard InChI is InChI=1S/C20H19N3O2/c1-14(20(25)23-21-13-15-9-11-17(24)12-10-15)22-19-8-4-6-16-5-2-3-7-18(16)19/h2-14,22,24H,1H3,(H,23,25)/b21-13+. The van der Waals surface area contributed by atoms with E-state index in [2.05, 4.69) is 15.8 Å². The predicted octanol–water partition coefficient (Wildman–Crippen LogP) is 3.50. The number of rotatable bonds is 5. The Balaban J connectivity index is 1.63.